The van der Waals surface area contributed by atoms with Crippen molar-refractivity contribution in [3.63, 3.8) is 0 Å². The summed E-state index contributed by atoms with van der Waals surface area (Å²) in [4.78, 5) is 25.5. The molecule has 0 aliphatic heterocycles. The van der Waals surface area contributed by atoms with Crippen molar-refractivity contribution in [3.05, 3.63) is 35.4 Å². The Kier molecular flexibility index (Phi) is 8.02. The van der Waals surface area contributed by atoms with E-state index in [1.165, 1.54) is 0 Å². The predicted octanol–water partition coefficient (Wildman–Crippen LogP) is 2.93. The van der Waals surface area contributed by atoms with Crippen molar-refractivity contribution in [1.29, 1.82) is 0 Å². The summed E-state index contributed by atoms with van der Waals surface area (Å²) in [7, 11) is 3.44. The van der Waals surface area contributed by atoms with Crippen LogP contribution in [0.1, 0.15) is 42.6 Å². The quantitative estimate of drug-likeness (QED) is 0.749. The molecule has 0 unspecified atom stereocenters. The maximum Gasteiger partial charge on any atom is 0.251 e. The molecule has 1 N–H and O–H groups in total. The fourth-order valence-electron chi connectivity index (χ4n) is 2.04. The second kappa shape index (κ2) is 9.51. The Morgan fingerprint density at radius 2 is 1.91 bits per heavy atom. The van der Waals surface area contributed by atoms with Crippen LogP contribution in [-0.2, 0) is 11.3 Å². The Morgan fingerprint density at radius 3 is 2.45 bits per heavy atom. The third-order valence-corrected chi connectivity index (χ3v) is 4.68. The molecule has 0 aliphatic rings. The van der Waals surface area contributed by atoms with Crippen LogP contribution in [-0.4, -0.2) is 41.8 Å². The number of benzene rings is 1. The Hall–Kier alpha value is -1.49. The van der Waals surface area contributed by atoms with Gasteiger partial charge in [-0.25, -0.2) is 0 Å². The Balaban J connectivity index is 2.54. The van der Waals surface area contributed by atoms with Crippen molar-refractivity contribution in [2.75, 3.05) is 19.8 Å². The minimum atomic E-state index is -0.100. The fourth-order valence-corrected chi connectivity index (χ4v) is 3.18. The molecule has 1 rings (SSSR count). The van der Waals surface area contributed by atoms with Gasteiger partial charge >= 0.3 is 0 Å². The first-order valence-electron chi connectivity index (χ1n) is 7.67. The van der Waals surface area contributed by atoms with Crippen LogP contribution in [0.5, 0.6) is 0 Å². The number of hydrogen-bond donors (Lipinski definition) is 1. The lowest BCUT2D eigenvalue weighted by Gasteiger charge is -2.21. The topological polar surface area (TPSA) is 49.4 Å². The monoisotopic (exact) mass is 322 g/mol. The molecule has 0 saturated carbocycles. The lowest BCUT2D eigenvalue weighted by atomic mass is 10.1. The first-order valence-corrected chi connectivity index (χ1v) is 8.72. The molecular weight excluding hydrogens is 296 g/mol. The van der Waals surface area contributed by atoms with E-state index in [0.29, 0.717) is 12.1 Å². The van der Waals surface area contributed by atoms with E-state index in [9.17, 15) is 9.59 Å². The van der Waals surface area contributed by atoms with E-state index in [1.54, 1.807) is 35.8 Å². The van der Waals surface area contributed by atoms with Gasteiger partial charge in [-0.2, -0.15) is 0 Å². The van der Waals surface area contributed by atoms with E-state index in [0.717, 1.165) is 24.2 Å². The van der Waals surface area contributed by atoms with Crippen molar-refractivity contribution in [2.45, 2.75) is 38.5 Å². The predicted molar refractivity (Wildman–Crippen MR) is 93.1 cm³/mol. The lowest BCUT2D eigenvalue weighted by Crippen LogP contribution is -2.33. The summed E-state index contributed by atoms with van der Waals surface area (Å²) in [6, 6.07) is 7.35. The molecule has 0 aromatic heterocycles. The second-order valence-electron chi connectivity index (χ2n) is 5.34. The maximum absolute atomic E-state index is 12.3. The highest BCUT2D eigenvalue weighted by Gasteiger charge is 2.17. The molecule has 0 aliphatic carbocycles. The van der Waals surface area contributed by atoms with Gasteiger partial charge in [0, 0.05) is 26.2 Å². The number of thioether (sulfide) groups is 1. The molecule has 0 heterocycles. The number of nitrogens with one attached hydrogen (secondary N) is 1. The average Bonchev–Trinajstić information content (AvgIpc) is 2.54. The highest BCUT2D eigenvalue weighted by atomic mass is 32.2. The summed E-state index contributed by atoms with van der Waals surface area (Å²) < 4.78 is 0. The standard InChI is InChI=1S/C17H26N2O2S/c1-5-6-11-22-13(2)17(21)19(4)12-14-7-9-15(10-8-14)16(20)18-3/h7-10,13H,5-6,11-12H2,1-4H3,(H,18,20)/t13-/m0/s1. The third kappa shape index (κ3) is 5.72. The third-order valence-electron chi connectivity index (χ3n) is 3.45. The van der Waals surface area contributed by atoms with Crippen LogP contribution < -0.4 is 5.32 Å². The van der Waals surface area contributed by atoms with Crippen LogP contribution in [0.15, 0.2) is 24.3 Å². The van der Waals surface area contributed by atoms with E-state index >= 15 is 0 Å². The average molecular weight is 322 g/mol. The van der Waals surface area contributed by atoms with Crippen LogP contribution in [0.25, 0.3) is 0 Å². The largest absolute Gasteiger partial charge is 0.355 e. The molecule has 22 heavy (non-hydrogen) atoms. The zero-order valence-corrected chi connectivity index (χ0v) is 14.7. The van der Waals surface area contributed by atoms with Gasteiger partial charge in [-0.15, -0.1) is 11.8 Å². The molecule has 0 spiro atoms. The maximum atomic E-state index is 12.3. The summed E-state index contributed by atoms with van der Waals surface area (Å²) >= 11 is 1.71. The van der Waals surface area contributed by atoms with Gasteiger partial charge in [0.2, 0.25) is 5.91 Å². The summed E-state index contributed by atoms with van der Waals surface area (Å²) in [6.45, 7) is 4.68. The lowest BCUT2D eigenvalue weighted by molar-refractivity contribution is -0.129. The van der Waals surface area contributed by atoms with Crippen molar-refractivity contribution in [1.82, 2.24) is 10.2 Å². The van der Waals surface area contributed by atoms with Gasteiger partial charge in [-0.1, -0.05) is 25.5 Å². The molecule has 1 atom stereocenters. The van der Waals surface area contributed by atoms with Gasteiger partial charge in [0.15, 0.2) is 0 Å². The van der Waals surface area contributed by atoms with Crippen molar-refractivity contribution >= 4 is 23.6 Å². The first-order chi connectivity index (χ1) is 10.5. The second-order valence-corrected chi connectivity index (χ2v) is 6.79. The SMILES string of the molecule is CCCCS[C@@H](C)C(=O)N(C)Cc1ccc(C(=O)NC)cc1. The molecule has 5 heteroatoms. The van der Waals surface area contributed by atoms with Gasteiger partial charge in [-0.3, -0.25) is 9.59 Å². The smallest absolute Gasteiger partial charge is 0.251 e. The Labute approximate surface area is 137 Å². The van der Waals surface area contributed by atoms with Crippen LogP contribution in [0.3, 0.4) is 0 Å². The van der Waals surface area contributed by atoms with Gasteiger partial charge < -0.3 is 10.2 Å². The highest BCUT2D eigenvalue weighted by Crippen LogP contribution is 2.16. The Morgan fingerprint density at radius 1 is 1.27 bits per heavy atom. The van der Waals surface area contributed by atoms with Crippen molar-refractivity contribution in [3.8, 4) is 0 Å². The van der Waals surface area contributed by atoms with Gasteiger partial charge in [0.1, 0.15) is 0 Å². The molecular formula is C17H26N2O2S. The first kappa shape index (κ1) is 18.6. The summed E-state index contributed by atoms with van der Waals surface area (Å²) in [6.07, 6.45) is 2.30. The van der Waals surface area contributed by atoms with Crippen LogP contribution in [0.2, 0.25) is 0 Å². The number of unbranched alkanes of at least 4 members (excludes halogenated alkanes) is 1. The number of amides is 2. The minimum Gasteiger partial charge on any atom is -0.355 e. The van der Waals surface area contributed by atoms with Crippen LogP contribution in [0.4, 0.5) is 0 Å². The number of rotatable bonds is 8. The normalized spacial score (nSPS) is 11.8. The molecule has 2 amide bonds. The fraction of sp³-hybridized carbons (Fsp3) is 0.529. The van der Waals surface area contributed by atoms with Crippen molar-refractivity contribution < 1.29 is 9.59 Å². The Bertz CT molecular complexity index is 488. The van der Waals surface area contributed by atoms with Crippen LogP contribution in [0, 0.1) is 0 Å². The summed E-state index contributed by atoms with van der Waals surface area (Å²) in [5, 5.41) is 2.58. The van der Waals surface area contributed by atoms with E-state index < -0.39 is 0 Å². The van der Waals surface area contributed by atoms with E-state index in [1.807, 2.05) is 26.1 Å². The molecule has 0 radical (unpaired) electrons. The molecule has 1 aromatic carbocycles. The van der Waals surface area contributed by atoms with Gasteiger partial charge in [-0.05, 0) is 36.8 Å². The molecule has 122 valence electrons. The van der Waals surface area contributed by atoms with Crippen molar-refractivity contribution in [2.24, 2.45) is 0 Å². The van der Waals surface area contributed by atoms with E-state index in [4.69, 9.17) is 0 Å². The zero-order chi connectivity index (χ0) is 16.5. The number of hydrogen-bond acceptors (Lipinski definition) is 3. The van der Waals surface area contributed by atoms with E-state index in [-0.39, 0.29) is 17.1 Å². The summed E-state index contributed by atoms with van der Waals surface area (Å²) in [5.41, 5.74) is 1.65. The van der Waals surface area contributed by atoms with Gasteiger partial charge in [0.25, 0.3) is 5.91 Å². The highest BCUT2D eigenvalue weighted by molar-refractivity contribution is 8.00. The molecule has 1 aromatic rings. The van der Waals surface area contributed by atoms with E-state index in [2.05, 4.69) is 12.2 Å². The number of carbonyl (C=O) groups is 2. The number of carbonyl (C=O) groups excluding carboxylic acids is 2. The molecule has 0 saturated heterocycles. The summed E-state index contributed by atoms with van der Waals surface area (Å²) in [5.74, 6) is 1.08. The molecule has 4 nitrogen and oxygen atoms in total. The molecule has 0 bridgehead atoms. The zero-order valence-electron chi connectivity index (χ0n) is 13.9. The van der Waals surface area contributed by atoms with Crippen LogP contribution >= 0.6 is 11.8 Å². The number of nitrogens with zero attached hydrogens (tertiary/aromatic N) is 1. The molecule has 0 fully saturated rings. The minimum absolute atomic E-state index is 0.0123. The van der Waals surface area contributed by atoms with Gasteiger partial charge in [0.05, 0.1) is 5.25 Å².